The van der Waals surface area contributed by atoms with Gasteiger partial charge < -0.3 is 10.0 Å². The fourth-order valence-corrected chi connectivity index (χ4v) is 2.36. The highest BCUT2D eigenvalue weighted by molar-refractivity contribution is 5.67. The smallest absolute Gasteiger partial charge is 0.389 e. The molecule has 2 N–H and O–H groups in total. The van der Waals surface area contributed by atoms with Crippen molar-refractivity contribution in [2.24, 2.45) is 0 Å². The van der Waals surface area contributed by atoms with Crippen LogP contribution in [-0.4, -0.2) is 34.5 Å². The first kappa shape index (κ1) is 14.6. The number of alkyl halides is 3. The lowest BCUT2D eigenvalue weighted by Gasteiger charge is -2.39. The number of rotatable bonds is 2. The Morgan fingerprint density at radius 1 is 1.23 bits per heavy atom. The minimum Gasteiger partial charge on any atom is -0.389 e. The molecule has 22 heavy (non-hydrogen) atoms. The van der Waals surface area contributed by atoms with E-state index in [2.05, 4.69) is 10.2 Å². The van der Waals surface area contributed by atoms with Gasteiger partial charge in [0.2, 0.25) is 0 Å². The Bertz CT molecular complexity index is 731. The maximum Gasteiger partial charge on any atom is 0.418 e. The van der Waals surface area contributed by atoms with Gasteiger partial charge in [0.15, 0.2) is 0 Å². The number of halogens is 3. The van der Waals surface area contributed by atoms with Gasteiger partial charge in [-0.3, -0.25) is 4.79 Å². The third kappa shape index (κ3) is 2.69. The van der Waals surface area contributed by atoms with Crippen LogP contribution in [0.5, 0.6) is 0 Å². The summed E-state index contributed by atoms with van der Waals surface area (Å²) in [5.74, 6) is 0. The van der Waals surface area contributed by atoms with E-state index in [1.54, 1.807) is 0 Å². The van der Waals surface area contributed by atoms with Crippen LogP contribution in [0.25, 0.3) is 11.3 Å². The highest BCUT2D eigenvalue weighted by atomic mass is 19.4. The summed E-state index contributed by atoms with van der Waals surface area (Å²) >= 11 is 0. The number of aromatic amines is 1. The lowest BCUT2D eigenvalue weighted by atomic mass is 10.0. The van der Waals surface area contributed by atoms with Crippen LogP contribution < -0.4 is 10.5 Å². The van der Waals surface area contributed by atoms with Crippen LogP contribution in [0, 0.1) is 0 Å². The number of nitrogens with zero attached hydrogens (tertiary/aromatic N) is 2. The maximum absolute atomic E-state index is 13.3. The first-order chi connectivity index (χ1) is 10.3. The van der Waals surface area contributed by atoms with Gasteiger partial charge in [0.1, 0.15) is 0 Å². The van der Waals surface area contributed by atoms with Crippen molar-refractivity contribution in [3.8, 4) is 11.3 Å². The molecular weight excluding hydrogens is 299 g/mol. The Hall–Kier alpha value is -2.35. The zero-order chi connectivity index (χ0) is 15.9. The Labute approximate surface area is 123 Å². The van der Waals surface area contributed by atoms with E-state index in [0.717, 1.165) is 6.07 Å². The molecule has 0 radical (unpaired) electrons. The molecule has 116 valence electrons. The van der Waals surface area contributed by atoms with Crippen LogP contribution in [0.2, 0.25) is 0 Å². The summed E-state index contributed by atoms with van der Waals surface area (Å²) in [6.07, 6.45) is -5.12. The number of benzene rings is 1. The summed E-state index contributed by atoms with van der Waals surface area (Å²) in [6.45, 7) is 0.360. The van der Waals surface area contributed by atoms with Gasteiger partial charge in [-0.25, -0.2) is 5.10 Å². The molecule has 5 nitrogen and oxygen atoms in total. The topological polar surface area (TPSA) is 69.2 Å². The highest BCUT2D eigenvalue weighted by Gasteiger charge is 2.37. The summed E-state index contributed by atoms with van der Waals surface area (Å²) in [5.41, 5.74) is -0.671. The number of hydrogen-bond acceptors (Lipinski definition) is 4. The van der Waals surface area contributed by atoms with Crippen molar-refractivity contribution in [2.75, 3.05) is 18.0 Å². The van der Waals surface area contributed by atoms with Gasteiger partial charge >= 0.3 is 6.18 Å². The number of aliphatic hydroxyl groups is 1. The van der Waals surface area contributed by atoms with Crippen molar-refractivity contribution >= 4 is 5.69 Å². The standard InChI is InChI=1S/C14H12F3N3O2/c15-14(16,17)10-5-8(11-2-4-13(22)19-18-11)1-3-12(10)20-6-9(21)7-20/h1-5,9,21H,6-7H2,(H,19,22). The molecule has 1 fully saturated rings. The fourth-order valence-electron chi connectivity index (χ4n) is 2.36. The Morgan fingerprint density at radius 2 is 1.95 bits per heavy atom. The second-order valence-corrected chi connectivity index (χ2v) is 5.09. The molecule has 8 heteroatoms. The van der Waals surface area contributed by atoms with Crippen LogP contribution in [0.1, 0.15) is 5.56 Å². The molecule has 1 aromatic heterocycles. The number of aliphatic hydroxyl groups excluding tert-OH is 1. The summed E-state index contributed by atoms with van der Waals surface area (Å²) in [6, 6.07) is 6.43. The van der Waals surface area contributed by atoms with Gasteiger partial charge in [-0.2, -0.15) is 18.3 Å². The van der Waals surface area contributed by atoms with E-state index >= 15 is 0 Å². The first-order valence-corrected chi connectivity index (χ1v) is 6.55. The zero-order valence-corrected chi connectivity index (χ0v) is 11.3. The second kappa shape index (κ2) is 5.13. The van der Waals surface area contributed by atoms with E-state index in [1.807, 2.05) is 0 Å². The van der Waals surface area contributed by atoms with Crippen molar-refractivity contribution in [1.82, 2.24) is 10.2 Å². The molecule has 2 aromatic rings. The quantitative estimate of drug-likeness (QED) is 0.884. The van der Waals surface area contributed by atoms with Crippen LogP contribution in [-0.2, 0) is 6.18 Å². The van der Waals surface area contributed by atoms with Crippen molar-refractivity contribution in [1.29, 1.82) is 0 Å². The minimum absolute atomic E-state index is 0.0333. The third-order valence-corrected chi connectivity index (χ3v) is 3.48. The second-order valence-electron chi connectivity index (χ2n) is 5.09. The first-order valence-electron chi connectivity index (χ1n) is 6.55. The lowest BCUT2D eigenvalue weighted by Crippen LogP contribution is -2.51. The molecule has 0 atom stereocenters. The van der Waals surface area contributed by atoms with Gasteiger partial charge in [0.05, 0.1) is 17.4 Å². The van der Waals surface area contributed by atoms with Crippen LogP contribution in [0.15, 0.2) is 35.1 Å². The van der Waals surface area contributed by atoms with Crippen LogP contribution in [0.4, 0.5) is 18.9 Å². The van der Waals surface area contributed by atoms with E-state index in [4.69, 9.17) is 0 Å². The Balaban J connectivity index is 2.04. The average molecular weight is 311 g/mol. The number of β-amino-alcohol motifs (C(OH)–C–C–N with tert-alkyl or cyclic N) is 1. The monoisotopic (exact) mass is 311 g/mol. The number of hydrogen-bond donors (Lipinski definition) is 2. The molecule has 1 aliphatic heterocycles. The molecule has 1 saturated heterocycles. The van der Waals surface area contributed by atoms with Crippen LogP contribution in [0.3, 0.4) is 0 Å². The predicted octanol–water partition coefficient (Wildman–Crippen LogP) is 1.64. The van der Waals surface area contributed by atoms with Crippen molar-refractivity contribution in [3.05, 3.63) is 46.2 Å². The summed E-state index contributed by atoms with van der Waals surface area (Å²) < 4.78 is 39.8. The molecule has 0 amide bonds. The molecule has 0 saturated carbocycles. The Morgan fingerprint density at radius 3 is 2.50 bits per heavy atom. The number of aromatic nitrogens is 2. The molecule has 1 aromatic carbocycles. The Kier molecular flexibility index (Phi) is 3.40. The molecule has 2 heterocycles. The fraction of sp³-hybridized carbons (Fsp3) is 0.286. The normalized spacial score (nSPS) is 15.7. The van der Waals surface area contributed by atoms with E-state index in [9.17, 15) is 23.1 Å². The average Bonchev–Trinajstić information content (AvgIpc) is 2.43. The van der Waals surface area contributed by atoms with Gasteiger partial charge in [-0.05, 0) is 18.2 Å². The zero-order valence-electron chi connectivity index (χ0n) is 11.3. The molecular formula is C14H12F3N3O2. The summed E-state index contributed by atoms with van der Waals surface area (Å²) in [5, 5.41) is 15.2. The molecule has 0 aliphatic carbocycles. The lowest BCUT2D eigenvalue weighted by molar-refractivity contribution is -0.137. The largest absolute Gasteiger partial charge is 0.418 e. The van der Waals surface area contributed by atoms with Gasteiger partial charge in [-0.15, -0.1) is 0 Å². The maximum atomic E-state index is 13.3. The summed E-state index contributed by atoms with van der Waals surface area (Å²) in [4.78, 5) is 12.4. The van der Waals surface area contributed by atoms with E-state index in [0.29, 0.717) is 0 Å². The molecule has 0 unspecified atom stereocenters. The molecule has 3 rings (SSSR count). The number of nitrogens with one attached hydrogen (secondary N) is 1. The molecule has 0 bridgehead atoms. The van der Waals surface area contributed by atoms with Crippen LogP contribution >= 0.6 is 0 Å². The van der Waals surface area contributed by atoms with Crippen molar-refractivity contribution in [2.45, 2.75) is 12.3 Å². The van der Waals surface area contributed by atoms with Gasteiger partial charge in [-0.1, -0.05) is 6.07 Å². The number of H-pyrrole nitrogens is 1. The minimum atomic E-state index is -4.52. The van der Waals surface area contributed by atoms with Gasteiger partial charge in [0, 0.05) is 30.4 Å². The SMILES string of the molecule is O=c1ccc(-c2ccc(N3CC(O)C3)c(C(F)(F)F)c2)n[nH]1. The van der Waals surface area contributed by atoms with Gasteiger partial charge in [0.25, 0.3) is 5.56 Å². The molecule has 1 aliphatic rings. The highest BCUT2D eigenvalue weighted by Crippen LogP contribution is 2.40. The summed E-state index contributed by atoms with van der Waals surface area (Å²) in [7, 11) is 0. The third-order valence-electron chi connectivity index (χ3n) is 3.48. The number of anilines is 1. The van der Waals surface area contributed by atoms with Crippen molar-refractivity contribution < 1.29 is 18.3 Å². The van der Waals surface area contributed by atoms with E-state index in [-0.39, 0.29) is 30.0 Å². The molecule has 0 spiro atoms. The van der Waals surface area contributed by atoms with E-state index in [1.165, 1.54) is 29.2 Å². The predicted molar refractivity (Wildman–Crippen MR) is 73.5 cm³/mol. The van der Waals surface area contributed by atoms with E-state index < -0.39 is 23.4 Å². The van der Waals surface area contributed by atoms with Crippen molar-refractivity contribution in [3.63, 3.8) is 0 Å².